The Labute approximate surface area is 217 Å². The van der Waals surface area contributed by atoms with Gasteiger partial charge in [0.25, 0.3) is 11.8 Å². The van der Waals surface area contributed by atoms with Crippen molar-refractivity contribution in [2.45, 2.75) is 6.61 Å². The summed E-state index contributed by atoms with van der Waals surface area (Å²) in [6, 6.07) is 23.9. The highest BCUT2D eigenvalue weighted by Crippen LogP contribution is 2.34. The second-order valence-corrected chi connectivity index (χ2v) is 9.23. The van der Waals surface area contributed by atoms with E-state index in [0.717, 1.165) is 10.0 Å². The molecule has 7 nitrogen and oxygen atoms in total. The zero-order valence-corrected chi connectivity index (χ0v) is 21.2. The number of hydrogen-bond donors (Lipinski definition) is 1. The van der Waals surface area contributed by atoms with Crippen LogP contribution in [0, 0.1) is 0 Å². The molecule has 5 rings (SSSR count). The van der Waals surface area contributed by atoms with Crippen molar-refractivity contribution in [2.24, 2.45) is 0 Å². The molecule has 35 heavy (non-hydrogen) atoms. The van der Waals surface area contributed by atoms with Gasteiger partial charge in [-0.1, -0.05) is 52.3 Å². The molecule has 0 radical (unpaired) electrons. The normalized spacial score (nSPS) is 10.8. The molecular weight excluding hydrogens is 578 g/mol. The van der Waals surface area contributed by atoms with E-state index in [4.69, 9.17) is 13.6 Å². The minimum absolute atomic E-state index is 0.277. The van der Waals surface area contributed by atoms with E-state index in [1.165, 1.54) is 6.26 Å². The topological polar surface area (TPSA) is 90.4 Å². The summed E-state index contributed by atoms with van der Waals surface area (Å²) in [7, 11) is 0. The third-order valence-corrected chi connectivity index (χ3v) is 6.05. The molecule has 0 saturated carbocycles. The fraction of sp³-hybridized carbons (Fsp3) is 0.0385. The van der Waals surface area contributed by atoms with Gasteiger partial charge in [0, 0.05) is 15.7 Å². The van der Waals surface area contributed by atoms with Gasteiger partial charge >= 0.3 is 0 Å². The molecule has 0 aliphatic carbocycles. The summed E-state index contributed by atoms with van der Waals surface area (Å²) < 4.78 is 18.5. The second kappa shape index (κ2) is 10.3. The van der Waals surface area contributed by atoms with E-state index >= 15 is 0 Å². The summed E-state index contributed by atoms with van der Waals surface area (Å²) in [6.45, 7) is 0.325. The lowest BCUT2D eigenvalue weighted by molar-refractivity contribution is 0.102. The van der Waals surface area contributed by atoms with Crippen molar-refractivity contribution in [2.75, 3.05) is 5.32 Å². The predicted molar refractivity (Wildman–Crippen MR) is 138 cm³/mol. The first-order valence-electron chi connectivity index (χ1n) is 10.5. The number of rotatable bonds is 7. The number of anilines is 1. The van der Waals surface area contributed by atoms with Crippen LogP contribution < -0.4 is 10.1 Å². The van der Waals surface area contributed by atoms with Crippen molar-refractivity contribution in [3.05, 3.63) is 105 Å². The Bertz CT molecular complexity index is 1470. The number of halogens is 2. The summed E-state index contributed by atoms with van der Waals surface area (Å²) in [4.78, 5) is 13.3. The van der Waals surface area contributed by atoms with Crippen molar-refractivity contribution in [3.8, 4) is 28.9 Å². The third-order valence-electron chi connectivity index (χ3n) is 5.00. The van der Waals surface area contributed by atoms with Crippen LogP contribution in [0.4, 0.5) is 5.69 Å². The number of carbonyl (C=O) groups excluding carboxylic acids is 1. The molecule has 1 N–H and O–H groups in total. The quantitative estimate of drug-likeness (QED) is 0.212. The summed E-state index contributed by atoms with van der Waals surface area (Å²) in [5.41, 5.74) is 2.60. The van der Waals surface area contributed by atoms with Gasteiger partial charge in [-0.15, -0.1) is 10.2 Å². The fourth-order valence-corrected chi connectivity index (χ4v) is 4.71. The minimum Gasteiger partial charge on any atom is -0.487 e. The van der Waals surface area contributed by atoms with Gasteiger partial charge in [0.2, 0.25) is 5.89 Å². The van der Waals surface area contributed by atoms with Gasteiger partial charge in [0.1, 0.15) is 12.4 Å². The number of hydrogen-bond acceptors (Lipinski definition) is 6. The summed E-state index contributed by atoms with van der Waals surface area (Å²) >= 11 is 6.97. The molecule has 0 atom stereocenters. The van der Waals surface area contributed by atoms with Gasteiger partial charge in [-0.05, 0) is 64.0 Å². The second-order valence-electron chi connectivity index (χ2n) is 7.46. The zero-order chi connectivity index (χ0) is 24.2. The van der Waals surface area contributed by atoms with E-state index < -0.39 is 0 Å². The van der Waals surface area contributed by atoms with Crippen LogP contribution in [0.2, 0.25) is 0 Å². The maximum atomic E-state index is 13.3. The number of benzene rings is 3. The molecule has 0 spiro atoms. The number of ether oxygens (including phenoxy) is 1. The number of furan rings is 1. The molecule has 2 heterocycles. The smallest absolute Gasteiger partial charge is 0.283 e. The lowest BCUT2D eigenvalue weighted by Crippen LogP contribution is -2.14. The van der Waals surface area contributed by atoms with Crippen LogP contribution in [0.3, 0.4) is 0 Å². The van der Waals surface area contributed by atoms with Crippen LogP contribution in [-0.2, 0) is 6.61 Å². The number of aromatic nitrogens is 2. The highest BCUT2D eigenvalue weighted by atomic mass is 79.9. The van der Waals surface area contributed by atoms with E-state index in [1.54, 1.807) is 36.4 Å². The van der Waals surface area contributed by atoms with Gasteiger partial charge in [-0.3, -0.25) is 4.79 Å². The van der Waals surface area contributed by atoms with Gasteiger partial charge in [-0.25, -0.2) is 0 Å². The van der Waals surface area contributed by atoms with Crippen LogP contribution >= 0.6 is 31.9 Å². The van der Waals surface area contributed by atoms with Crippen LogP contribution in [-0.4, -0.2) is 16.1 Å². The van der Waals surface area contributed by atoms with Gasteiger partial charge in [-0.2, -0.15) is 0 Å². The first-order valence-corrected chi connectivity index (χ1v) is 12.1. The Morgan fingerprint density at radius 1 is 0.914 bits per heavy atom. The maximum absolute atomic E-state index is 13.3. The molecule has 5 aromatic rings. The zero-order valence-electron chi connectivity index (χ0n) is 18.1. The molecular formula is C26H17Br2N3O4. The van der Waals surface area contributed by atoms with Crippen molar-refractivity contribution >= 4 is 43.5 Å². The molecule has 0 unspecified atom stereocenters. The van der Waals surface area contributed by atoms with E-state index in [0.29, 0.717) is 45.3 Å². The lowest BCUT2D eigenvalue weighted by atomic mass is 10.1. The van der Waals surface area contributed by atoms with Crippen molar-refractivity contribution in [3.63, 3.8) is 0 Å². The molecule has 2 aromatic heterocycles. The number of nitrogens with zero attached hydrogens (tertiary/aromatic N) is 2. The van der Waals surface area contributed by atoms with E-state index in [-0.39, 0.29) is 11.8 Å². The SMILES string of the molecule is O=C(Nc1cccc(-c2nnc(-c3ccco3)o2)c1)c1cc(Br)cc(Br)c1OCc1ccccc1. The molecule has 0 bridgehead atoms. The Balaban J connectivity index is 1.37. The fourth-order valence-electron chi connectivity index (χ4n) is 3.37. The van der Waals surface area contributed by atoms with E-state index in [2.05, 4.69) is 47.4 Å². The first-order chi connectivity index (χ1) is 17.1. The van der Waals surface area contributed by atoms with Crippen LogP contribution in [0.25, 0.3) is 23.1 Å². The molecule has 174 valence electrons. The first kappa shape index (κ1) is 23.1. The van der Waals surface area contributed by atoms with Crippen LogP contribution in [0.1, 0.15) is 15.9 Å². The van der Waals surface area contributed by atoms with Gasteiger partial charge in [0.15, 0.2) is 5.76 Å². The number of carbonyl (C=O) groups is 1. The van der Waals surface area contributed by atoms with Gasteiger partial charge in [0.05, 0.1) is 16.3 Å². The van der Waals surface area contributed by atoms with Crippen molar-refractivity contribution in [1.29, 1.82) is 0 Å². The number of amides is 1. The molecule has 3 aromatic carbocycles. The number of nitrogens with one attached hydrogen (secondary N) is 1. The summed E-state index contributed by atoms with van der Waals surface area (Å²) in [5.74, 6) is 1.19. The largest absolute Gasteiger partial charge is 0.487 e. The molecule has 1 amide bonds. The highest BCUT2D eigenvalue weighted by Gasteiger charge is 2.19. The molecule has 0 fully saturated rings. The van der Waals surface area contributed by atoms with E-state index in [1.807, 2.05) is 42.5 Å². The van der Waals surface area contributed by atoms with Crippen molar-refractivity contribution in [1.82, 2.24) is 10.2 Å². The Morgan fingerprint density at radius 2 is 1.74 bits per heavy atom. The minimum atomic E-state index is -0.325. The van der Waals surface area contributed by atoms with Crippen LogP contribution in [0.5, 0.6) is 5.75 Å². The predicted octanol–water partition coefficient (Wildman–Crippen LogP) is 7.35. The highest BCUT2D eigenvalue weighted by molar-refractivity contribution is 9.11. The summed E-state index contributed by atoms with van der Waals surface area (Å²) in [6.07, 6.45) is 1.54. The maximum Gasteiger partial charge on any atom is 0.283 e. The average molecular weight is 595 g/mol. The Kier molecular flexibility index (Phi) is 6.78. The molecule has 9 heteroatoms. The molecule has 0 aliphatic rings. The van der Waals surface area contributed by atoms with Crippen LogP contribution in [0.15, 0.2) is 103 Å². The molecule has 0 aliphatic heterocycles. The summed E-state index contributed by atoms with van der Waals surface area (Å²) in [5, 5.41) is 11.0. The van der Waals surface area contributed by atoms with Crippen molar-refractivity contribution < 1.29 is 18.4 Å². The third kappa shape index (κ3) is 5.36. The van der Waals surface area contributed by atoms with E-state index in [9.17, 15) is 4.79 Å². The average Bonchev–Trinajstić information content (AvgIpc) is 3.56. The Morgan fingerprint density at radius 3 is 2.54 bits per heavy atom. The standard InChI is InChI=1S/C26H17Br2N3O4/c27-18-13-20(23(21(28)14-18)34-15-16-6-2-1-3-7-16)24(32)29-19-9-4-8-17(12-19)25-30-31-26(35-25)22-10-5-11-33-22/h1-14H,15H2,(H,29,32). The van der Waals surface area contributed by atoms with Gasteiger partial charge < -0.3 is 18.9 Å². The molecule has 0 saturated heterocycles. The monoisotopic (exact) mass is 593 g/mol. The lowest BCUT2D eigenvalue weighted by Gasteiger charge is -2.14. The Hall–Kier alpha value is -3.69.